The minimum atomic E-state index is -4.15. The SMILES string of the molecule is COC(=O)C(OC)c1ccc(NS(=O)(=O)c2ccc(NS(=O)(=O)c3ccc(NC(=O)CCCC(=O)O)cc3)c3ccccc23)cc1. The van der Waals surface area contributed by atoms with Gasteiger partial charge in [-0.15, -0.1) is 0 Å². The lowest BCUT2D eigenvalue weighted by Crippen LogP contribution is -2.17. The van der Waals surface area contributed by atoms with E-state index in [2.05, 4.69) is 14.8 Å². The maximum absolute atomic E-state index is 13.5. The highest BCUT2D eigenvalue weighted by molar-refractivity contribution is 7.93. The van der Waals surface area contributed by atoms with Gasteiger partial charge in [0.2, 0.25) is 5.91 Å². The van der Waals surface area contributed by atoms with E-state index in [9.17, 15) is 31.2 Å². The van der Waals surface area contributed by atoms with Crippen molar-refractivity contribution in [1.29, 1.82) is 0 Å². The largest absolute Gasteiger partial charge is 0.481 e. The number of hydrogen-bond acceptors (Lipinski definition) is 9. The van der Waals surface area contributed by atoms with Gasteiger partial charge in [0.25, 0.3) is 20.0 Å². The normalized spacial score (nSPS) is 12.2. The number of sulfonamides is 2. The average molecular weight is 670 g/mol. The highest BCUT2D eigenvalue weighted by atomic mass is 32.2. The second-order valence-electron chi connectivity index (χ2n) is 9.95. The van der Waals surface area contributed by atoms with E-state index in [0.29, 0.717) is 16.6 Å². The minimum Gasteiger partial charge on any atom is -0.481 e. The predicted molar refractivity (Wildman–Crippen MR) is 170 cm³/mol. The monoisotopic (exact) mass is 669 g/mol. The van der Waals surface area contributed by atoms with Crippen molar-refractivity contribution in [3.05, 3.63) is 90.5 Å². The third-order valence-corrected chi connectivity index (χ3v) is 9.60. The molecule has 4 aromatic carbocycles. The van der Waals surface area contributed by atoms with Gasteiger partial charge in [0.15, 0.2) is 6.10 Å². The summed E-state index contributed by atoms with van der Waals surface area (Å²) in [6.45, 7) is 0. The molecule has 1 unspecified atom stereocenters. The molecular formula is C31H31N3O10S2. The maximum Gasteiger partial charge on any atom is 0.339 e. The van der Waals surface area contributed by atoms with E-state index in [4.69, 9.17) is 14.6 Å². The Morgan fingerprint density at radius 2 is 1.37 bits per heavy atom. The molecule has 4 aromatic rings. The fourth-order valence-corrected chi connectivity index (χ4v) is 6.90. The average Bonchev–Trinajstić information content (AvgIpc) is 3.02. The third kappa shape index (κ3) is 8.18. The molecule has 0 radical (unpaired) electrons. The van der Waals surface area contributed by atoms with E-state index in [0.717, 1.165) is 0 Å². The molecule has 0 aliphatic carbocycles. The molecule has 13 nitrogen and oxygen atoms in total. The number of hydrogen-bond donors (Lipinski definition) is 4. The Morgan fingerprint density at radius 3 is 1.98 bits per heavy atom. The Morgan fingerprint density at radius 1 is 0.739 bits per heavy atom. The molecule has 46 heavy (non-hydrogen) atoms. The van der Waals surface area contributed by atoms with Gasteiger partial charge in [-0.1, -0.05) is 36.4 Å². The fourth-order valence-electron chi connectivity index (χ4n) is 4.55. The Hall–Kier alpha value is -4.99. The summed E-state index contributed by atoms with van der Waals surface area (Å²) >= 11 is 0. The van der Waals surface area contributed by atoms with Crippen LogP contribution in [-0.2, 0) is 43.9 Å². The summed E-state index contributed by atoms with van der Waals surface area (Å²) in [6.07, 6.45) is -0.947. The van der Waals surface area contributed by atoms with Crippen molar-refractivity contribution < 1.29 is 45.8 Å². The molecule has 15 heteroatoms. The first-order valence-corrected chi connectivity index (χ1v) is 16.7. The van der Waals surface area contributed by atoms with E-state index in [1.807, 2.05) is 0 Å². The zero-order valence-corrected chi connectivity index (χ0v) is 26.4. The number of benzene rings is 4. The van der Waals surface area contributed by atoms with Crippen LogP contribution in [0.4, 0.5) is 17.1 Å². The van der Waals surface area contributed by atoms with Crippen molar-refractivity contribution in [3.8, 4) is 0 Å². The number of ether oxygens (including phenoxy) is 2. The number of carboxylic acids is 1. The number of methoxy groups -OCH3 is 2. The Labute approximate surface area is 265 Å². The molecule has 4 rings (SSSR count). The molecule has 242 valence electrons. The van der Waals surface area contributed by atoms with E-state index in [-0.39, 0.29) is 45.8 Å². The third-order valence-electron chi connectivity index (χ3n) is 6.78. The summed E-state index contributed by atoms with van der Waals surface area (Å²) in [6, 6.07) is 20.5. The number of carboxylic acid groups (broad SMARTS) is 1. The molecule has 0 saturated heterocycles. The molecule has 1 amide bonds. The van der Waals surface area contributed by atoms with Crippen LogP contribution in [0, 0.1) is 0 Å². The first kappa shape index (κ1) is 33.9. The summed E-state index contributed by atoms with van der Waals surface area (Å²) in [5.41, 5.74) is 1.16. The van der Waals surface area contributed by atoms with Crippen LogP contribution < -0.4 is 14.8 Å². The van der Waals surface area contributed by atoms with Crippen molar-refractivity contribution in [2.75, 3.05) is 29.0 Å². The van der Waals surface area contributed by atoms with Gasteiger partial charge in [-0.05, 0) is 60.5 Å². The van der Waals surface area contributed by atoms with Crippen LogP contribution in [0.5, 0.6) is 0 Å². The summed E-state index contributed by atoms with van der Waals surface area (Å²) in [5, 5.41) is 11.9. The highest BCUT2D eigenvalue weighted by Crippen LogP contribution is 2.32. The second-order valence-corrected chi connectivity index (χ2v) is 13.3. The molecule has 0 aromatic heterocycles. The predicted octanol–water partition coefficient (Wildman–Crippen LogP) is 4.50. The molecule has 1 atom stereocenters. The van der Waals surface area contributed by atoms with Crippen molar-refractivity contribution in [3.63, 3.8) is 0 Å². The number of fused-ring (bicyclic) bond motifs is 1. The number of anilines is 3. The van der Waals surface area contributed by atoms with Gasteiger partial charge < -0.3 is 19.9 Å². The van der Waals surface area contributed by atoms with Crippen LogP contribution in [0.25, 0.3) is 10.8 Å². The fraction of sp³-hybridized carbons (Fsp3) is 0.194. The number of nitrogens with one attached hydrogen (secondary N) is 3. The molecule has 0 heterocycles. The van der Waals surface area contributed by atoms with Crippen LogP contribution in [0.1, 0.15) is 30.9 Å². The van der Waals surface area contributed by atoms with Crippen LogP contribution >= 0.6 is 0 Å². The van der Waals surface area contributed by atoms with Crippen molar-refractivity contribution in [2.24, 2.45) is 0 Å². The first-order valence-electron chi connectivity index (χ1n) is 13.7. The number of carbonyl (C=O) groups is 3. The van der Waals surface area contributed by atoms with E-state index >= 15 is 0 Å². The van der Waals surface area contributed by atoms with Gasteiger partial charge >= 0.3 is 11.9 Å². The minimum absolute atomic E-state index is 0.000346. The van der Waals surface area contributed by atoms with Crippen molar-refractivity contribution >= 4 is 65.7 Å². The van der Waals surface area contributed by atoms with Gasteiger partial charge in [-0.2, -0.15) is 0 Å². The van der Waals surface area contributed by atoms with Crippen LogP contribution in [-0.4, -0.2) is 54.0 Å². The highest BCUT2D eigenvalue weighted by Gasteiger charge is 2.23. The number of rotatable bonds is 14. The topological polar surface area (TPSA) is 194 Å². The van der Waals surface area contributed by atoms with E-state index in [1.54, 1.807) is 24.3 Å². The van der Waals surface area contributed by atoms with Gasteiger partial charge in [-0.25, -0.2) is 21.6 Å². The molecule has 0 saturated carbocycles. The first-order chi connectivity index (χ1) is 21.8. The van der Waals surface area contributed by atoms with Gasteiger partial charge in [-0.3, -0.25) is 19.0 Å². The smallest absolute Gasteiger partial charge is 0.339 e. The lowest BCUT2D eigenvalue weighted by molar-refractivity contribution is -0.152. The zero-order chi connectivity index (χ0) is 33.5. The Bertz CT molecular complexity index is 1960. The van der Waals surface area contributed by atoms with Crippen LogP contribution in [0.15, 0.2) is 94.7 Å². The van der Waals surface area contributed by atoms with Gasteiger partial charge in [0.05, 0.1) is 22.6 Å². The standard InChI is InChI=1S/C31H31N3O10S2/c1-43-30(31(38)44-2)20-10-12-22(13-11-20)33-46(41,42)27-19-18-26(24-6-3-4-7-25(24)27)34-45(39,40)23-16-14-21(15-17-23)32-28(35)8-5-9-29(36)37/h3-4,6-7,10-19,30,33-34H,5,8-9H2,1-2H3,(H,32,35)(H,36,37). The summed E-state index contributed by atoms with van der Waals surface area (Å²) in [7, 11) is -5.70. The molecule has 0 aliphatic heterocycles. The summed E-state index contributed by atoms with van der Waals surface area (Å²) < 4.78 is 68.3. The lowest BCUT2D eigenvalue weighted by Gasteiger charge is -2.16. The molecule has 4 N–H and O–H groups in total. The molecule has 0 fully saturated rings. The number of aliphatic carboxylic acids is 1. The lowest BCUT2D eigenvalue weighted by atomic mass is 10.1. The maximum atomic E-state index is 13.5. The number of esters is 1. The molecule has 0 bridgehead atoms. The molecule has 0 aliphatic rings. The molecular weight excluding hydrogens is 638 g/mol. The number of amides is 1. The molecule has 0 spiro atoms. The number of carbonyl (C=O) groups excluding carboxylic acids is 2. The second kappa shape index (κ2) is 14.4. The van der Waals surface area contributed by atoms with Crippen molar-refractivity contribution in [1.82, 2.24) is 0 Å². The van der Waals surface area contributed by atoms with Gasteiger partial charge in [0, 0.05) is 42.1 Å². The quantitative estimate of drug-likeness (QED) is 0.139. The van der Waals surface area contributed by atoms with E-state index in [1.165, 1.54) is 74.9 Å². The summed E-state index contributed by atoms with van der Waals surface area (Å²) in [4.78, 5) is 34.4. The van der Waals surface area contributed by atoms with Crippen LogP contribution in [0.2, 0.25) is 0 Å². The Kier molecular flexibility index (Phi) is 10.6. The van der Waals surface area contributed by atoms with Crippen molar-refractivity contribution in [2.45, 2.75) is 35.2 Å². The van der Waals surface area contributed by atoms with E-state index < -0.39 is 44.0 Å². The summed E-state index contributed by atoms with van der Waals surface area (Å²) in [5.74, 6) is -2.01. The Balaban J connectivity index is 1.53. The van der Waals surface area contributed by atoms with Crippen LogP contribution in [0.3, 0.4) is 0 Å². The van der Waals surface area contributed by atoms with Gasteiger partial charge in [0.1, 0.15) is 0 Å². The zero-order valence-electron chi connectivity index (χ0n) is 24.7.